The highest BCUT2D eigenvalue weighted by molar-refractivity contribution is 7.30. The number of benzene rings is 2. The van der Waals surface area contributed by atoms with Gasteiger partial charge >= 0.3 is 12.6 Å². The second-order valence-corrected chi connectivity index (χ2v) is 9.64. The van der Waals surface area contributed by atoms with Gasteiger partial charge in [-0.15, -0.1) is 0 Å². The van der Waals surface area contributed by atoms with E-state index >= 15 is 0 Å². The first kappa shape index (κ1) is 22.1. The van der Waals surface area contributed by atoms with Crippen molar-refractivity contribution in [3.63, 3.8) is 0 Å². The van der Waals surface area contributed by atoms with Gasteiger partial charge in [0.15, 0.2) is 0 Å². The van der Waals surface area contributed by atoms with E-state index in [0.717, 1.165) is 22.7 Å². The van der Waals surface area contributed by atoms with E-state index in [1.165, 1.54) is 0 Å². The van der Waals surface area contributed by atoms with Crippen LogP contribution in [0.25, 0.3) is 5.70 Å². The molecular formula is C19H21AlCl3NO3. The molecule has 0 atom stereocenters. The van der Waals surface area contributed by atoms with Gasteiger partial charge in [0.1, 0.15) is 11.4 Å². The topological polar surface area (TPSA) is 30.9 Å². The Balaban J connectivity index is 2.61. The van der Waals surface area contributed by atoms with Gasteiger partial charge in [-0.05, 0) is 50.2 Å². The fourth-order valence-corrected chi connectivity index (χ4v) is 3.55. The average Bonchev–Trinajstić information content (AvgIpc) is 2.66. The minimum Gasteiger partial charge on any atom is -0.592 e. The van der Waals surface area contributed by atoms with Crippen LogP contribution >= 0.6 is 31.7 Å². The van der Waals surface area contributed by atoms with Crippen molar-refractivity contribution in [2.75, 3.05) is 25.2 Å². The van der Waals surface area contributed by atoms with Gasteiger partial charge in [-0.25, -0.2) is 0 Å². The van der Waals surface area contributed by atoms with E-state index in [4.69, 9.17) is 45.0 Å². The lowest BCUT2D eigenvalue weighted by molar-refractivity contribution is 0.122. The Morgan fingerprint density at radius 3 is 2.11 bits per heavy atom. The maximum absolute atomic E-state index is 6.06. The smallest absolute Gasteiger partial charge is 0.592 e. The SMILES string of the molecule is CCO/C([O][Al]([Cl])[Cl])=C(\c1ccc(Cl)cc1)N(CC)c1ccc(OC)cc1. The molecule has 144 valence electrons. The molecule has 4 nitrogen and oxygen atoms in total. The Morgan fingerprint density at radius 2 is 1.63 bits per heavy atom. The van der Waals surface area contributed by atoms with E-state index in [9.17, 15) is 0 Å². The van der Waals surface area contributed by atoms with Gasteiger partial charge in [0.25, 0.3) is 5.95 Å². The molecule has 0 aromatic heterocycles. The monoisotopic (exact) mass is 443 g/mol. The van der Waals surface area contributed by atoms with Crippen LogP contribution in [0.1, 0.15) is 19.4 Å². The maximum atomic E-state index is 6.06. The molecule has 8 heteroatoms. The molecule has 0 heterocycles. The van der Waals surface area contributed by atoms with Crippen LogP contribution in [0.2, 0.25) is 5.02 Å². The molecule has 2 rings (SSSR count). The molecule has 0 fully saturated rings. The first-order chi connectivity index (χ1) is 13.0. The fraction of sp³-hybridized carbons (Fsp3) is 0.263. The van der Waals surface area contributed by atoms with E-state index in [0.29, 0.717) is 24.1 Å². The van der Waals surface area contributed by atoms with Crippen LogP contribution in [0.4, 0.5) is 5.69 Å². The van der Waals surface area contributed by atoms with Crippen LogP contribution in [0.15, 0.2) is 54.5 Å². The van der Waals surface area contributed by atoms with Crippen LogP contribution < -0.4 is 9.64 Å². The summed E-state index contributed by atoms with van der Waals surface area (Å²) in [5, 5.41) is 0.645. The fourth-order valence-electron chi connectivity index (χ4n) is 2.59. The highest BCUT2D eigenvalue weighted by Gasteiger charge is 2.26. The van der Waals surface area contributed by atoms with Crippen LogP contribution in [0.5, 0.6) is 5.75 Å². The summed E-state index contributed by atoms with van der Waals surface area (Å²) >= 11 is 3.64. The molecule has 0 saturated heterocycles. The molecule has 0 saturated carbocycles. The summed E-state index contributed by atoms with van der Waals surface area (Å²) in [5.74, 6) is 1.08. The molecule has 0 aliphatic rings. The average molecular weight is 445 g/mol. The van der Waals surface area contributed by atoms with Crippen molar-refractivity contribution >= 4 is 55.7 Å². The van der Waals surface area contributed by atoms with Crippen LogP contribution in [-0.2, 0) is 8.53 Å². The Morgan fingerprint density at radius 1 is 1.00 bits per heavy atom. The summed E-state index contributed by atoms with van der Waals surface area (Å²) < 4.78 is 16.7. The number of halogens is 3. The predicted octanol–water partition coefficient (Wildman–Crippen LogP) is 6.02. The summed E-state index contributed by atoms with van der Waals surface area (Å²) in [6, 6.07) is 15.2. The third kappa shape index (κ3) is 6.14. The summed E-state index contributed by atoms with van der Waals surface area (Å²) in [6.07, 6.45) is 0. The second-order valence-electron chi connectivity index (χ2n) is 5.40. The zero-order chi connectivity index (χ0) is 19.8. The number of hydrogen-bond donors (Lipinski definition) is 0. The zero-order valence-electron chi connectivity index (χ0n) is 15.4. The predicted molar refractivity (Wildman–Crippen MR) is 115 cm³/mol. The molecule has 0 radical (unpaired) electrons. The Bertz CT molecular complexity index is 752. The quantitative estimate of drug-likeness (QED) is 0.350. The minimum absolute atomic E-state index is 0.305. The third-order valence-electron chi connectivity index (χ3n) is 3.75. The van der Waals surface area contributed by atoms with E-state index < -0.39 is 12.6 Å². The molecular weight excluding hydrogens is 424 g/mol. The number of hydrogen-bond acceptors (Lipinski definition) is 4. The van der Waals surface area contributed by atoms with Gasteiger partial charge in [0, 0.05) is 22.8 Å². The Hall–Kier alpha value is -1.22. The van der Waals surface area contributed by atoms with Gasteiger partial charge in [-0.1, -0.05) is 23.7 Å². The maximum Gasteiger partial charge on any atom is 0.817 e. The largest absolute Gasteiger partial charge is 0.817 e. The summed E-state index contributed by atoms with van der Waals surface area (Å²) in [5.41, 5.74) is 2.56. The highest BCUT2D eigenvalue weighted by atomic mass is 35.7. The van der Waals surface area contributed by atoms with Crippen LogP contribution in [0, 0.1) is 0 Å². The molecule has 27 heavy (non-hydrogen) atoms. The molecule has 0 aliphatic carbocycles. The standard InChI is InChI=1S/C19H22ClNO3.Al.2ClH/c1-4-21(16-10-12-17(23-3)13-11-16)18(19(22)24-5-2)14-6-8-15(20)9-7-14;;;/h6-13,22H,4-5H2,1-3H3;;2*1H/q;+3;;/p-3/b19-18+;;;. The van der Waals surface area contributed by atoms with E-state index in [1.807, 2.05) is 62.4 Å². The lowest BCUT2D eigenvalue weighted by atomic mass is 10.1. The molecule has 2 aromatic rings. The van der Waals surface area contributed by atoms with Gasteiger partial charge in [0.05, 0.1) is 13.7 Å². The van der Waals surface area contributed by atoms with Crippen LogP contribution in [0.3, 0.4) is 0 Å². The van der Waals surface area contributed by atoms with Crippen molar-refractivity contribution in [2.24, 2.45) is 0 Å². The lowest BCUT2D eigenvalue weighted by Crippen LogP contribution is -2.24. The Labute approximate surface area is 178 Å². The summed E-state index contributed by atoms with van der Waals surface area (Å²) in [4.78, 5) is 2.07. The van der Waals surface area contributed by atoms with Gasteiger partial charge < -0.3 is 18.2 Å². The van der Waals surface area contributed by atoms with Gasteiger partial charge in [-0.2, -0.15) is 20.1 Å². The Kier molecular flexibility index (Phi) is 8.95. The highest BCUT2D eigenvalue weighted by Crippen LogP contribution is 2.32. The first-order valence-corrected chi connectivity index (χ1v) is 12.8. The zero-order valence-corrected chi connectivity index (χ0v) is 18.8. The van der Waals surface area contributed by atoms with Crippen molar-refractivity contribution in [2.45, 2.75) is 13.8 Å². The van der Waals surface area contributed by atoms with Gasteiger partial charge in [0.2, 0.25) is 0 Å². The molecule has 0 bridgehead atoms. The number of methoxy groups -OCH3 is 1. The number of rotatable bonds is 9. The molecule has 0 spiro atoms. The summed E-state index contributed by atoms with van der Waals surface area (Å²) in [6.45, 7) is 5.01. The van der Waals surface area contributed by atoms with Crippen molar-refractivity contribution in [3.05, 3.63) is 65.1 Å². The molecule has 0 N–H and O–H groups in total. The molecule has 2 aromatic carbocycles. The third-order valence-corrected chi connectivity index (χ3v) is 4.93. The number of ether oxygens (including phenoxy) is 2. The van der Waals surface area contributed by atoms with Gasteiger partial charge in [-0.3, -0.25) is 0 Å². The van der Waals surface area contributed by atoms with E-state index in [2.05, 4.69) is 4.90 Å². The molecule has 0 aliphatic heterocycles. The normalized spacial score (nSPS) is 11.5. The van der Waals surface area contributed by atoms with E-state index in [-0.39, 0.29) is 0 Å². The number of nitrogens with zero attached hydrogens (tertiary/aromatic N) is 1. The van der Waals surface area contributed by atoms with E-state index in [1.54, 1.807) is 7.11 Å². The minimum atomic E-state index is -2.42. The lowest BCUT2D eigenvalue weighted by Gasteiger charge is -2.29. The van der Waals surface area contributed by atoms with Crippen LogP contribution in [-0.4, -0.2) is 32.9 Å². The molecule has 0 unspecified atom stereocenters. The van der Waals surface area contributed by atoms with Crippen molar-refractivity contribution in [3.8, 4) is 5.75 Å². The van der Waals surface area contributed by atoms with Crippen molar-refractivity contribution in [1.29, 1.82) is 0 Å². The van der Waals surface area contributed by atoms with Crippen molar-refractivity contribution in [1.82, 2.24) is 0 Å². The van der Waals surface area contributed by atoms with Crippen molar-refractivity contribution < 1.29 is 13.3 Å². The second kappa shape index (κ2) is 10.9. The summed E-state index contributed by atoms with van der Waals surface area (Å²) in [7, 11) is 13.7. The first-order valence-electron chi connectivity index (χ1n) is 8.49. The molecule has 0 amide bonds. The number of anilines is 1.